The Balaban J connectivity index is 1.74. The van der Waals surface area contributed by atoms with Crippen LogP contribution in [0.5, 0.6) is 0 Å². The van der Waals surface area contributed by atoms with Gasteiger partial charge in [-0.3, -0.25) is 4.72 Å². The predicted octanol–water partition coefficient (Wildman–Crippen LogP) is 4.85. The third-order valence-corrected chi connectivity index (χ3v) is 6.07. The van der Waals surface area contributed by atoms with Gasteiger partial charge in [-0.25, -0.2) is 18.4 Å². The molecule has 152 valence electrons. The van der Waals surface area contributed by atoms with Crippen LogP contribution in [0.15, 0.2) is 82.2 Å². The third kappa shape index (κ3) is 4.35. The summed E-state index contributed by atoms with van der Waals surface area (Å²) < 4.78 is 29.2. The average molecular weight is 485 g/mol. The topological polar surface area (TPSA) is 119 Å². The van der Waals surface area contributed by atoms with Crippen LogP contribution in [0.1, 0.15) is 0 Å². The Morgan fingerprint density at radius 2 is 1.33 bits per heavy atom. The molecule has 1 heterocycles. The number of sulfonamides is 1. The Kier molecular flexibility index (Phi) is 5.53. The minimum absolute atomic E-state index is 0.00829. The molecule has 3 N–H and O–H groups in total. The molecule has 0 unspecified atom stereocenters. The van der Waals surface area contributed by atoms with Gasteiger partial charge in [0.15, 0.2) is 11.6 Å². The van der Waals surface area contributed by atoms with E-state index in [0.717, 1.165) is 4.47 Å². The van der Waals surface area contributed by atoms with E-state index < -0.39 is 10.0 Å². The maximum Gasteiger partial charge on any atom is 0.263 e. The highest BCUT2D eigenvalue weighted by atomic mass is 79.9. The van der Waals surface area contributed by atoms with Crippen LogP contribution in [0.3, 0.4) is 0 Å². The number of aromatic nitrogens is 2. The lowest BCUT2D eigenvalue weighted by molar-refractivity contribution is 0.601. The number of anilines is 4. The molecule has 0 atom stereocenters. The van der Waals surface area contributed by atoms with E-state index in [0.29, 0.717) is 16.7 Å². The van der Waals surface area contributed by atoms with Crippen molar-refractivity contribution in [2.75, 3.05) is 15.5 Å². The molecule has 0 radical (unpaired) electrons. The molecule has 0 saturated carbocycles. The van der Waals surface area contributed by atoms with Gasteiger partial charge < -0.3 is 16.0 Å². The summed E-state index contributed by atoms with van der Waals surface area (Å²) in [4.78, 5) is 8.97. The summed E-state index contributed by atoms with van der Waals surface area (Å²) in [6, 6.07) is 20.0. The van der Waals surface area contributed by atoms with E-state index in [9.17, 15) is 13.6 Å². The second-order valence-electron chi connectivity index (χ2n) is 6.27. The van der Waals surface area contributed by atoms with Crippen molar-refractivity contribution in [3.63, 3.8) is 0 Å². The van der Waals surface area contributed by atoms with Gasteiger partial charge in [0.25, 0.3) is 10.0 Å². The molecular formula is C20H15BrN5O3S-. The van der Waals surface area contributed by atoms with E-state index in [1.165, 1.54) is 24.3 Å². The number of para-hydroxylation sites is 2. The Hall–Kier alpha value is -3.21. The van der Waals surface area contributed by atoms with Crippen LogP contribution >= 0.6 is 15.9 Å². The number of rotatable bonds is 6. The number of nitrogens with zero attached hydrogens (tertiary/aromatic N) is 2. The molecule has 0 saturated heterocycles. The molecule has 4 aromatic rings. The van der Waals surface area contributed by atoms with Gasteiger partial charge >= 0.3 is 0 Å². The van der Waals surface area contributed by atoms with Crippen molar-refractivity contribution < 1.29 is 8.42 Å². The summed E-state index contributed by atoms with van der Waals surface area (Å²) in [5.41, 5.74) is 3.85. The summed E-state index contributed by atoms with van der Waals surface area (Å²) in [6.07, 6.45) is 0. The van der Waals surface area contributed by atoms with Gasteiger partial charge in [0.05, 0.1) is 15.9 Å². The van der Waals surface area contributed by atoms with E-state index in [-0.39, 0.29) is 22.2 Å². The van der Waals surface area contributed by atoms with Crippen molar-refractivity contribution in [2.24, 2.45) is 0 Å². The quantitative estimate of drug-likeness (QED) is 0.334. The predicted molar refractivity (Wildman–Crippen MR) is 121 cm³/mol. The Labute approximate surface area is 181 Å². The van der Waals surface area contributed by atoms with E-state index in [1.54, 1.807) is 23.7 Å². The van der Waals surface area contributed by atoms with Crippen molar-refractivity contribution >= 4 is 60.0 Å². The van der Waals surface area contributed by atoms with Gasteiger partial charge in [-0.15, -0.1) is 0 Å². The van der Waals surface area contributed by atoms with Crippen LogP contribution in [-0.4, -0.2) is 18.4 Å². The lowest BCUT2D eigenvalue weighted by atomic mass is 10.3. The summed E-state index contributed by atoms with van der Waals surface area (Å²) in [7, 11) is -3.96. The van der Waals surface area contributed by atoms with Crippen molar-refractivity contribution in [1.82, 2.24) is 9.97 Å². The second kappa shape index (κ2) is 8.27. The lowest BCUT2D eigenvalue weighted by Crippen LogP contribution is -2.16. The van der Waals surface area contributed by atoms with E-state index in [2.05, 4.69) is 35.9 Å². The van der Waals surface area contributed by atoms with Crippen LogP contribution in [0.25, 0.3) is 11.0 Å². The van der Waals surface area contributed by atoms with Crippen molar-refractivity contribution in [2.45, 2.75) is 4.90 Å². The summed E-state index contributed by atoms with van der Waals surface area (Å²) in [5.74, 6) is 0.320. The number of halogens is 1. The SMILES string of the molecule is O=S(=O)(Nc1nc2ccccc2nc1Nc1ccc(Br)cc1)c1ccc(N[O-])cc1. The maximum absolute atomic E-state index is 12.9. The summed E-state index contributed by atoms with van der Waals surface area (Å²) in [6.45, 7) is 0. The molecule has 4 rings (SSSR count). The van der Waals surface area contributed by atoms with E-state index in [1.807, 2.05) is 30.3 Å². The van der Waals surface area contributed by atoms with Crippen LogP contribution in [0, 0.1) is 5.21 Å². The molecule has 10 heteroatoms. The third-order valence-electron chi connectivity index (χ3n) is 4.19. The van der Waals surface area contributed by atoms with Gasteiger partial charge in [-0.1, -0.05) is 28.1 Å². The maximum atomic E-state index is 12.9. The second-order valence-corrected chi connectivity index (χ2v) is 8.87. The highest BCUT2D eigenvalue weighted by Gasteiger charge is 2.19. The molecule has 1 aromatic heterocycles. The zero-order valence-corrected chi connectivity index (χ0v) is 17.7. The fourth-order valence-corrected chi connectivity index (χ4v) is 3.99. The van der Waals surface area contributed by atoms with Crippen LogP contribution in [0.4, 0.5) is 23.0 Å². The van der Waals surface area contributed by atoms with E-state index in [4.69, 9.17) is 0 Å². The largest absolute Gasteiger partial charge is 0.761 e. The lowest BCUT2D eigenvalue weighted by Gasteiger charge is -2.14. The number of hydrogen-bond donors (Lipinski definition) is 3. The van der Waals surface area contributed by atoms with Gasteiger partial charge in [0, 0.05) is 15.8 Å². The molecular weight excluding hydrogens is 470 g/mol. The number of nitrogens with one attached hydrogen (secondary N) is 3. The smallest absolute Gasteiger partial charge is 0.263 e. The molecule has 0 fully saturated rings. The number of benzene rings is 3. The normalized spacial score (nSPS) is 11.3. The first-order valence-electron chi connectivity index (χ1n) is 8.75. The zero-order valence-electron chi connectivity index (χ0n) is 15.3. The van der Waals surface area contributed by atoms with Gasteiger partial charge in [0.1, 0.15) is 0 Å². The molecule has 0 amide bonds. The van der Waals surface area contributed by atoms with Gasteiger partial charge in [0.2, 0.25) is 0 Å². The number of fused-ring (bicyclic) bond motifs is 1. The van der Waals surface area contributed by atoms with Crippen molar-refractivity contribution in [1.29, 1.82) is 0 Å². The molecule has 30 heavy (non-hydrogen) atoms. The standard InChI is InChI=1S/C20H15BrN5O3S/c21-13-5-7-14(8-6-13)22-19-20(24-18-4-2-1-3-17(18)23-19)26-30(28,29)16-11-9-15(25-27)10-12-16/h1-12,25H,(H,22,23)(H,24,26)/q-1. The average Bonchev–Trinajstić information content (AvgIpc) is 2.75. The first-order chi connectivity index (χ1) is 14.4. The van der Waals surface area contributed by atoms with Crippen LogP contribution in [0.2, 0.25) is 0 Å². The van der Waals surface area contributed by atoms with Crippen molar-refractivity contribution in [3.05, 3.63) is 82.5 Å². The molecule has 8 nitrogen and oxygen atoms in total. The highest BCUT2D eigenvalue weighted by Crippen LogP contribution is 2.28. The molecule has 0 aliphatic rings. The minimum Gasteiger partial charge on any atom is -0.761 e. The van der Waals surface area contributed by atoms with Crippen LogP contribution in [-0.2, 0) is 10.0 Å². The zero-order chi connectivity index (χ0) is 21.1. The fraction of sp³-hybridized carbons (Fsp3) is 0. The summed E-state index contributed by atoms with van der Waals surface area (Å²) in [5, 5.41) is 13.8. The molecule has 0 spiro atoms. The van der Waals surface area contributed by atoms with Gasteiger partial charge in [-0.2, -0.15) is 0 Å². The molecule has 3 aromatic carbocycles. The fourth-order valence-electron chi connectivity index (χ4n) is 2.72. The first kappa shape index (κ1) is 20.1. The van der Waals surface area contributed by atoms with E-state index >= 15 is 0 Å². The monoisotopic (exact) mass is 484 g/mol. The summed E-state index contributed by atoms with van der Waals surface area (Å²) >= 11 is 3.38. The Bertz CT molecular complexity index is 1300. The minimum atomic E-state index is -3.96. The van der Waals surface area contributed by atoms with Gasteiger partial charge in [-0.05, 0) is 60.7 Å². The first-order valence-corrected chi connectivity index (χ1v) is 11.0. The molecule has 0 aliphatic heterocycles. The molecule has 0 bridgehead atoms. The Morgan fingerprint density at radius 3 is 1.93 bits per heavy atom. The number of hydrogen-bond acceptors (Lipinski definition) is 7. The highest BCUT2D eigenvalue weighted by molar-refractivity contribution is 9.10. The molecule has 0 aliphatic carbocycles. The van der Waals surface area contributed by atoms with Crippen molar-refractivity contribution in [3.8, 4) is 0 Å². The Morgan fingerprint density at radius 1 is 0.767 bits per heavy atom. The van der Waals surface area contributed by atoms with Crippen LogP contribution < -0.4 is 15.5 Å².